The van der Waals surface area contributed by atoms with Gasteiger partial charge in [0.15, 0.2) is 0 Å². The van der Waals surface area contributed by atoms with Gasteiger partial charge < -0.3 is 10.2 Å². The maximum atomic E-state index is 12.4. The van der Waals surface area contributed by atoms with Crippen molar-refractivity contribution in [2.24, 2.45) is 0 Å². The summed E-state index contributed by atoms with van der Waals surface area (Å²) >= 11 is 0. The topological polar surface area (TPSA) is 58.1 Å². The molecule has 0 atom stereocenters. The highest BCUT2D eigenvalue weighted by atomic mass is 16.1. The first-order chi connectivity index (χ1) is 12.2. The summed E-state index contributed by atoms with van der Waals surface area (Å²) in [5, 5.41) is 2.89. The number of nitrogens with one attached hydrogen (secondary N) is 1. The molecule has 0 radical (unpaired) electrons. The number of terminal acetylenes is 1. The van der Waals surface area contributed by atoms with Crippen molar-refractivity contribution < 1.29 is 4.79 Å². The summed E-state index contributed by atoms with van der Waals surface area (Å²) < 4.78 is 0. The standard InChI is InChI=1S/C20H16N4O/c1-3-15-6-4-7-16(10-15)20(25)23-17-8-5-9-18(11-17)24(2)19-12-21-14-22-13-19/h1,4-14H,2H3,(H,23,25). The zero-order valence-corrected chi connectivity index (χ0v) is 13.7. The average molecular weight is 328 g/mol. The van der Waals surface area contributed by atoms with E-state index in [0.29, 0.717) is 16.8 Å². The smallest absolute Gasteiger partial charge is 0.255 e. The number of hydrogen-bond acceptors (Lipinski definition) is 4. The number of rotatable bonds is 4. The Morgan fingerprint density at radius 3 is 2.60 bits per heavy atom. The predicted molar refractivity (Wildman–Crippen MR) is 98.9 cm³/mol. The number of benzene rings is 2. The number of carbonyl (C=O) groups is 1. The van der Waals surface area contributed by atoms with Crippen molar-refractivity contribution in [3.05, 3.63) is 78.4 Å². The van der Waals surface area contributed by atoms with Crippen LogP contribution in [-0.2, 0) is 0 Å². The van der Waals surface area contributed by atoms with Gasteiger partial charge in [0, 0.05) is 29.5 Å². The lowest BCUT2D eigenvalue weighted by molar-refractivity contribution is 0.102. The third-order valence-electron chi connectivity index (χ3n) is 3.72. The van der Waals surface area contributed by atoms with E-state index >= 15 is 0 Å². The normalized spacial score (nSPS) is 9.92. The van der Waals surface area contributed by atoms with Crippen LogP contribution in [0.2, 0.25) is 0 Å². The maximum absolute atomic E-state index is 12.4. The van der Waals surface area contributed by atoms with Crippen LogP contribution in [-0.4, -0.2) is 22.9 Å². The predicted octanol–water partition coefficient (Wildman–Crippen LogP) is 3.48. The molecule has 0 aliphatic rings. The first-order valence-corrected chi connectivity index (χ1v) is 7.64. The van der Waals surface area contributed by atoms with Gasteiger partial charge >= 0.3 is 0 Å². The average Bonchev–Trinajstić information content (AvgIpc) is 2.68. The largest absolute Gasteiger partial charge is 0.342 e. The summed E-state index contributed by atoms with van der Waals surface area (Å²) in [5.41, 5.74) is 3.64. The van der Waals surface area contributed by atoms with E-state index in [1.54, 1.807) is 36.7 Å². The summed E-state index contributed by atoms with van der Waals surface area (Å²) in [6.07, 6.45) is 10.3. The molecule has 122 valence electrons. The van der Waals surface area contributed by atoms with Crippen LogP contribution in [0, 0.1) is 12.3 Å². The molecule has 0 saturated carbocycles. The Labute approximate surface area is 146 Å². The molecule has 25 heavy (non-hydrogen) atoms. The highest BCUT2D eigenvalue weighted by molar-refractivity contribution is 6.04. The van der Waals surface area contributed by atoms with E-state index in [0.717, 1.165) is 11.4 Å². The SMILES string of the molecule is C#Cc1cccc(C(=O)Nc2cccc(N(C)c3cncnc3)c2)c1. The molecule has 5 heteroatoms. The van der Waals surface area contributed by atoms with Crippen molar-refractivity contribution in [2.75, 3.05) is 17.3 Å². The minimum Gasteiger partial charge on any atom is -0.342 e. The molecule has 0 aliphatic carbocycles. The van der Waals surface area contributed by atoms with E-state index in [9.17, 15) is 4.79 Å². The molecule has 1 aromatic heterocycles. The van der Waals surface area contributed by atoms with E-state index in [1.165, 1.54) is 6.33 Å². The van der Waals surface area contributed by atoms with Gasteiger partial charge in [0.2, 0.25) is 0 Å². The minimum atomic E-state index is -0.208. The molecule has 0 aliphatic heterocycles. The Morgan fingerprint density at radius 1 is 1.08 bits per heavy atom. The fourth-order valence-corrected chi connectivity index (χ4v) is 2.36. The third-order valence-corrected chi connectivity index (χ3v) is 3.72. The van der Waals surface area contributed by atoms with Crippen LogP contribution < -0.4 is 10.2 Å². The van der Waals surface area contributed by atoms with Gasteiger partial charge in [-0.2, -0.15) is 0 Å². The van der Waals surface area contributed by atoms with E-state index in [4.69, 9.17) is 6.42 Å². The Bertz CT molecular complexity index is 932. The molecule has 2 aromatic carbocycles. The highest BCUT2D eigenvalue weighted by Gasteiger charge is 2.09. The van der Waals surface area contributed by atoms with Crippen molar-refractivity contribution in [3.8, 4) is 12.3 Å². The van der Waals surface area contributed by atoms with Crippen LogP contribution >= 0.6 is 0 Å². The minimum absolute atomic E-state index is 0.208. The maximum Gasteiger partial charge on any atom is 0.255 e. The van der Waals surface area contributed by atoms with Crippen LogP contribution in [0.4, 0.5) is 17.1 Å². The Kier molecular flexibility index (Phi) is 4.72. The fourth-order valence-electron chi connectivity index (χ4n) is 2.36. The number of anilines is 3. The van der Waals surface area contributed by atoms with Crippen LogP contribution in [0.5, 0.6) is 0 Å². The summed E-state index contributed by atoms with van der Waals surface area (Å²) in [4.78, 5) is 22.4. The molecule has 5 nitrogen and oxygen atoms in total. The van der Waals surface area contributed by atoms with Crippen molar-refractivity contribution >= 4 is 23.0 Å². The van der Waals surface area contributed by atoms with E-state index in [2.05, 4.69) is 21.2 Å². The molecular weight excluding hydrogens is 312 g/mol. The van der Waals surface area contributed by atoms with Gasteiger partial charge in [-0.1, -0.05) is 18.1 Å². The monoisotopic (exact) mass is 328 g/mol. The summed E-state index contributed by atoms with van der Waals surface area (Å²) in [5.74, 6) is 2.32. The molecule has 1 heterocycles. The van der Waals surface area contributed by atoms with Crippen molar-refractivity contribution in [1.29, 1.82) is 0 Å². The molecule has 0 fully saturated rings. The zero-order chi connectivity index (χ0) is 17.6. The highest BCUT2D eigenvalue weighted by Crippen LogP contribution is 2.25. The zero-order valence-electron chi connectivity index (χ0n) is 13.7. The summed E-state index contributed by atoms with van der Waals surface area (Å²) in [6, 6.07) is 14.5. The summed E-state index contributed by atoms with van der Waals surface area (Å²) in [7, 11) is 1.91. The van der Waals surface area contributed by atoms with Crippen LogP contribution in [0.15, 0.2) is 67.3 Å². The quantitative estimate of drug-likeness (QED) is 0.745. The molecular formula is C20H16N4O. The molecule has 0 bridgehead atoms. The van der Waals surface area contributed by atoms with Gasteiger partial charge in [-0.3, -0.25) is 4.79 Å². The van der Waals surface area contributed by atoms with Crippen molar-refractivity contribution in [3.63, 3.8) is 0 Å². The number of amides is 1. The molecule has 0 saturated heterocycles. The molecule has 0 spiro atoms. The lowest BCUT2D eigenvalue weighted by atomic mass is 10.1. The Hall–Kier alpha value is -3.65. The number of aromatic nitrogens is 2. The van der Waals surface area contributed by atoms with Crippen LogP contribution in [0.3, 0.4) is 0 Å². The Morgan fingerprint density at radius 2 is 1.84 bits per heavy atom. The van der Waals surface area contributed by atoms with Gasteiger partial charge in [0.05, 0.1) is 18.1 Å². The van der Waals surface area contributed by atoms with Crippen LogP contribution in [0.25, 0.3) is 0 Å². The Balaban J connectivity index is 1.80. The number of nitrogens with zero attached hydrogens (tertiary/aromatic N) is 3. The number of carbonyl (C=O) groups excluding carboxylic acids is 1. The van der Waals surface area contributed by atoms with Gasteiger partial charge in [0.1, 0.15) is 6.33 Å². The lowest BCUT2D eigenvalue weighted by Gasteiger charge is -2.19. The first kappa shape index (κ1) is 16.2. The van der Waals surface area contributed by atoms with Gasteiger partial charge in [0.25, 0.3) is 5.91 Å². The second kappa shape index (κ2) is 7.28. The van der Waals surface area contributed by atoms with E-state index in [1.807, 2.05) is 36.2 Å². The third kappa shape index (κ3) is 3.82. The second-order valence-corrected chi connectivity index (χ2v) is 5.39. The lowest BCUT2D eigenvalue weighted by Crippen LogP contribution is -2.13. The van der Waals surface area contributed by atoms with Gasteiger partial charge in [-0.25, -0.2) is 9.97 Å². The summed E-state index contributed by atoms with van der Waals surface area (Å²) in [6.45, 7) is 0. The number of hydrogen-bond donors (Lipinski definition) is 1. The first-order valence-electron chi connectivity index (χ1n) is 7.64. The van der Waals surface area contributed by atoms with Gasteiger partial charge in [-0.05, 0) is 36.4 Å². The van der Waals surface area contributed by atoms with Gasteiger partial charge in [-0.15, -0.1) is 6.42 Å². The second-order valence-electron chi connectivity index (χ2n) is 5.39. The molecule has 0 unspecified atom stereocenters. The fraction of sp³-hybridized carbons (Fsp3) is 0.0500. The van der Waals surface area contributed by atoms with Crippen molar-refractivity contribution in [1.82, 2.24) is 9.97 Å². The molecule has 3 rings (SSSR count). The van der Waals surface area contributed by atoms with E-state index in [-0.39, 0.29) is 5.91 Å². The molecule has 1 N–H and O–H groups in total. The van der Waals surface area contributed by atoms with Crippen LogP contribution in [0.1, 0.15) is 15.9 Å². The van der Waals surface area contributed by atoms with E-state index < -0.39 is 0 Å². The molecule has 3 aromatic rings. The molecule has 1 amide bonds. The van der Waals surface area contributed by atoms with Crippen molar-refractivity contribution in [2.45, 2.75) is 0 Å².